The number of hydrogen-bond acceptors (Lipinski definition) is 7. The predicted molar refractivity (Wildman–Crippen MR) is 107 cm³/mol. The van der Waals surface area contributed by atoms with Gasteiger partial charge in [-0.15, -0.1) is 0 Å². The molecular weight excluding hydrogens is 360 g/mol. The molecule has 0 aliphatic carbocycles. The molecule has 0 amide bonds. The van der Waals surface area contributed by atoms with Gasteiger partial charge in [0.1, 0.15) is 6.04 Å². The van der Waals surface area contributed by atoms with Crippen molar-refractivity contribution in [3.05, 3.63) is 18.0 Å². The molecule has 1 unspecified atom stereocenters. The van der Waals surface area contributed by atoms with E-state index in [-0.39, 0.29) is 0 Å². The summed E-state index contributed by atoms with van der Waals surface area (Å²) in [4.78, 5) is 36.0. The number of esters is 1. The van der Waals surface area contributed by atoms with E-state index in [1.807, 2.05) is 9.80 Å². The normalized spacial score (nSPS) is 16.0. The molecule has 1 aliphatic rings. The monoisotopic (exact) mass is 392 g/mol. The molecule has 1 saturated heterocycles. The minimum atomic E-state index is -0.737. The first-order valence-corrected chi connectivity index (χ1v) is 10.3. The third kappa shape index (κ3) is 6.44. The molecule has 156 valence electrons. The SMILES string of the molecule is CCCCCCCC(C(=O)O)N1CCN(c2ncc(C(=O)OCC)cn2)CC1. The van der Waals surface area contributed by atoms with Crippen molar-refractivity contribution in [1.29, 1.82) is 0 Å². The number of ether oxygens (including phenoxy) is 1. The Kier molecular flexibility index (Phi) is 9.13. The van der Waals surface area contributed by atoms with Crippen molar-refractivity contribution >= 4 is 17.9 Å². The number of rotatable bonds is 11. The second-order valence-electron chi connectivity index (χ2n) is 7.07. The summed E-state index contributed by atoms with van der Waals surface area (Å²) in [6.45, 7) is 6.89. The predicted octanol–water partition coefficient (Wildman–Crippen LogP) is 2.59. The van der Waals surface area contributed by atoms with E-state index in [2.05, 4.69) is 16.9 Å². The van der Waals surface area contributed by atoms with Crippen LogP contribution in [0.25, 0.3) is 0 Å². The summed E-state index contributed by atoms with van der Waals surface area (Å²) in [5.41, 5.74) is 0.332. The van der Waals surface area contributed by atoms with Crippen LogP contribution in [0.3, 0.4) is 0 Å². The average molecular weight is 393 g/mol. The van der Waals surface area contributed by atoms with Crippen LogP contribution < -0.4 is 4.90 Å². The quantitative estimate of drug-likeness (QED) is 0.453. The van der Waals surface area contributed by atoms with E-state index in [0.29, 0.717) is 50.7 Å². The lowest BCUT2D eigenvalue weighted by molar-refractivity contribution is -0.143. The van der Waals surface area contributed by atoms with E-state index >= 15 is 0 Å². The van der Waals surface area contributed by atoms with E-state index in [0.717, 1.165) is 12.8 Å². The van der Waals surface area contributed by atoms with E-state index < -0.39 is 18.0 Å². The molecule has 1 aromatic heterocycles. The van der Waals surface area contributed by atoms with Gasteiger partial charge >= 0.3 is 11.9 Å². The van der Waals surface area contributed by atoms with Crippen LogP contribution in [0.15, 0.2) is 12.4 Å². The van der Waals surface area contributed by atoms with Gasteiger partial charge in [-0.1, -0.05) is 39.0 Å². The van der Waals surface area contributed by atoms with Crippen molar-refractivity contribution in [2.45, 2.75) is 58.4 Å². The average Bonchev–Trinajstić information content (AvgIpc) is 2.71. The number of carbonyl (C=O) groups excluding carboxylic acids is 1. The molecule has 0 spiro atoms. The molecule has 8 heteroatoms. The third-order valence-corrected chi connectivity index (χ3v) is 5.05. The molecule has 1 aliphatic heterocycles. The van der Waals surface area contributed by atoms with E-state index in [1.54, 1.807) is 6.92 Å². The lowest BCUT2D eigenvalue weighted by Gasteiger charge is -2.37. The zero-order valence-electron chi connectivity index (χ0n) is 17.0. The van der Waals surface area contributed by atoms with Gasteiger partial charge in [0, 0.05) is 38.6 Å². The molecule has 1 N–H and O–H groups in total. The van der Waals surface area contributed by atoms with Crippen molar-refractivity contribution in [2.75, 3.05) is 37.7 Å². The summed E-state index contributed by atoms with van der Waals surface area (Å²) in [6.07, 6.45) is 9.28. The van der Waals surface area contributed by atoms with Crippen LogP contribution in [-0.2, 0) is 9.53 Å². The summed E-state index contributed by atoms with van der Waals surface area (Å²) in [5.74, 6) is -0.611. The van der Waals surface area contributed by atoms with Gasteiger partial charge in [0.2, 0.25) is 5.95 Å². The van der Waals surface area contributed by atoms with Crippen molar-refractivity contribution in [2.24, 2.45) is 0 Å². The van der Waals surface area contributed by atoms with Crippen molar-refractivity contribution in [1.82, 2.24) is 14.9 Å². The molecule has 2 rings (SSSR count). The standard InChI is InChI=1S/C20H32N4O4/c1-3-5-6-7-8-9-17(18(25)26)23-10-12-24(13-11-23)20-21-14-16(15-22-20)19(27)28-4-2/h14-15,17H,3-13H2,1-2H3,(H,25,26). The summed E-state index contributed by atoms with van der Waals surface area (Å²) in [6, 6.07) is -0.420. The zero-order chi connectivity index (χ0) is 20.4. The fourth-order valence-corrected chi connectivity index (χ4v) is 3.44. The van der Waals surface area contributed by atoms with E-state index in [4.69, 9.17) is 4.74 Å². The topological polar surface area (TPSA) is 95.9 Å². The van der Waals surface area contributed by atoms with Crippen LogP contribution >= 0.6 is 0 Å². The number of unbranched alkanes of at least 4 members (excludes halogenated alkanes) is 4. The van der Waals surface area contributed by atoms with E-state index in [1.165, 1.54) is 31.7 Å². The number of carboxylic acid groups (broad SMARTS) is 1. The van der Waals surface area contributed by atoms with Crippen LogP contribution in [0.5, 0.6) is 0 Å². The summed E-state index contributed by atoms with van der Waals surface area (Å²) in [5, 5.41) is 9.61. The Morgan fingerprint density at radius 2 is 1.71 bits per heavy atom. The molecule has 1 fully saturated rings. The first-order chi connectivity index (χ1) is 13.6. The molecule has 1 aromatic rings. The number of aromatic nitrogens is 2. The lowest BCUT2D eigenvalue weighted by atomic mass is 10.0. The second-order valence-corrected chi connectivity index (χ2v) is 7.07. The fourth-order valence-electron chi connectivity index (χ4n) is 3.44. The van der Waals surface area contributed by atoms with E-state index in [9.17, 15) is 14.7 Å². The van der Waals surface area contributed by atoms with Crippen molar-refractivity contribution in [3.8, 4) is 0 Å². The van der Waals surface area contributed by atoms with Gasteiger partial charge in [-0.2, -0.15) is 0 Å². The Bertz CT molecular complexity index is 615. The summed E-state index contributed by atoms with van der Waals surface area (Å²) < 4.78 is 4.94. The molecule has 0 bridgehead atoms. The highest BCUT2D eigenvalue weighted by atomic mass is 16.5. The van der Waals surface area contributed by atoms with Crippen molar-refractivity contribution in [3.63, 3.8) is 0 Å². The molecule has 0 radical (unpaired) electrons. The van der Waals surface area contributed by atoms with Gasteiger partial charge in [0.15, 0.2) is 0 Å². The minimum absolute atomic E-state index is 0.311. The number of hydrogen-bond donors (Lipinski definition) is 1. The largest absolute Gasteiger partial charge is 0.480 e. The molecule has 1 atom stereocenters. The highest BCUT2D eigenvalue weighted by Gasteiger charge is 2.29. The number of nitrogens with zero attached hydrogens (tertiary/aromatic N) is 4. The number of carbonyl (C=O) groups is 2. The summed E-state index contributed by atoms with van der Waals surface area (Å²) >= 11 is 0. The highest BCUT2D eigenvalue weighted by Crippen LogP contribution is 2.17. The lowest BCUT2D eigenvalue weighted by Crippen LogP contribution is -2.53. The highest BCUT2D eigenvalue weighted by molar-refractivity contribution is 5.88. The van der Waals surface area contributed by atoms with Gasteiger partial charge in [-0.3, -0.25) is 9.69 Å². The Morgan fingerprint density at radius 3 is 2.29 bits per heavy atom. The van der Waals surface area contributed by atoms with Gasteiger partial charge in [0.25, 0.3) is 0 Å². The minimum Gasteiger partial charge on any atom is -0.480 e. The van der Waals surface area contributed by atoms with Gasteiger partial charge in [-0.05, 0) is 13.3 Å². The first kappa shape index (κ1) is 22.1. The zero-order valence-corrected chi connectivity index (χ0v) is 17.0. The molecule has 2 heterocycles. The first-order valence-electron chi connectivity index (χ1n) is 10.3. The van der Waals surface area contributed by atoms with Crippen LogP contribution in [0.2, 0.25) is 0 Å². The van der Waals surface area contributed by atoms with Crippen LogP contribution in [0.1, 0.15) is 62.7 Å². The molecule has 0 aromatic carbocycles. The van der Waals surface area contributed by atoms with Gasteiger partial charge in [0.05, 0.1) is 12.2 Å². The van der Waals surface area contributed by atoms with Crippen molar-refractivity contribution < 1.29 is 19.4 Å². The molecule has 0 saturated carbocycles. The number of anilines is 1. The second kappa shape index (κ2) is 11.6. The Labute approximate surface area is 166 Å². The Balaban J connectivity index is 1.84. The maximum atomic E-state index is 11.7. The van der Waals surface area contributed by atoms with Crippen LogP contribution in [0.4, 0.5) is 5.95 Å². The van der Waals surface area contributed by atoms with Crippen LogP contribution in [0, 0.1) is 0 Å². The smallest absolute Gasteiger partial charge is 0.341 e. The van der Waals surface area contributed by atoms with Gasteiger partial charge < -0.3 is 14.7 Å². The molecular formula is C20H32N4O4. The number of aliphatic carboxylic acids is 1. The maximum absolute atomic E-state index is 11.7. The Morgan fingerprint density at radius 1 is 1.07 bits per heavy atom. The fraction of sp³-hybridized carbons (Fsp3) is 0.700. The third-order valence-electron chi connectivity index (χ3n) is 5.05. The summed E-state index contributed by atoms with van der Waals surface area (Å²) in [7, 11) is 0. The van der Waals surface area contributed by atoms with Gasteiger partial charge in [-0.25, -0.2) is 14.8 Å². The van der Waals surface area contributed by atoms with Crippen LogP contribution in [-0.4, -0.2) is 70.7 Å². The number of carboxylic acids is 1. The Hall–Kier alpha value is -2.22. The molecule has 8 nitrogen and oxygen atoms in total. The molecule has 28 heavy (non-hydrogen) atoms. The maximum Gasteiger partial charge on any atom is 0.341 e. The number of piperazine rings is 1.